The van der Waals surface area contributed by atoms with Gasteiger partial charge in [0.1, 0.15) is 0 Å². The van der Waals surface area contributed by atoms with Gasteiger partial charge in [0, 0.05) is 25.3 Å². The molecule has 3 heteroatoms. The summed E-state index contributed by atoms with van der Waals surface area (Å²) in [7, 11) is 0. The van der Waals surface area contributed by atoms with Crippen molar-refractivity contribution in [2.75, 3.05) is 13.2 Å². The first-order chi connectivity index (χ1) is 6.84. The number of ether oxygens (including phenoxy) is 1. The fraction of sp³-hybridized carbons (Fsp3) is 1.00. The summed E-state index contributed by atoms with van der Waals surface area (Å²) in [6, 6.07) is 1.17. The van der Waals surface area contributed by atoms with Crippen molar-refractivity contribution in [3.63, 3.8) is 0 Å². The Morgan fingerprint density at radius 1 is 1.00 bits per heavy atom. The van der Waals surface area contributed by atoms with Gasteiger partial charge in [0.2, 0.25) is 0 Å². The molecule has 0 aromatic carbocycles. The van der Waals surface area contributed by atoms with Gasteiger partial charge in [-0.3, -0.25) is 0 Å². The number of aliphatic hydroxyl groups excluding tert-OH is 1. The van der Waals surface area contributed by atoms with Gasteiger partial charge in [0.05, 0.1) is 6.10 Å². The summed E-state index contributed by atoms with van der Waals surface area (Å²) >= 11 is 0. The first-order valence-electron chi connectivity index (χ1n) is 5.86. The normalized spacial score (nSPS) is 35.8. The maximum atomic E-state index is 9.54. The molecule has 2 atom stereocenters. The number of hydrogen-bond donors (Lipinski definition) is 2. The van der Waals surface area contributed by atoms with E-state index in [4.69, 9.17) is 4.74 Å². The van der Waals surface area contributed by atoms with Gasteiger partial charge in [-0.2, -0.15) is 0 Å². The van der Waals surface area contributed by atoms with Gasteiger partial charge < -0.3 is 15.2 Å². The smallest absolute Gasteiger partial charge is 0.0555 e. The molecule has 1 aliphatic carbocycles. The molecule has 0 aromatic rings. The van der Waals surface area contributed by atoms with Crippen molar-refractivity contribution in [2.24, 2.45) is 0 Å². The number of hydrogen-bond acceptors (Lipinski definition) is 3. The van der Waals surface area contributed by atoms with E-state index in [0.29, 0.717) is 12.1 Å². The van der Waals surface area contributed by atoms with Gasteiger partial charge in [0.15, 0.2) is 0 Å². The zero-order valence-corrected chi connectivity index (χ0v) is 8.74. The molecule has 2 unspecified atom stereocenters. The summed E-state index contributed by atoms with van der Waals surface area (Å²) in [5, 5.41) is 13.2. The molecule has 1 saturated heterocycles. The van der Waals surface area contributed by atoms with Crippen LogP contribution in [0.25, 0.3) is 0 Å². The molecule has 0 amide bonds. The van der Waals surface area contributed by atoms with Crippen LogP contribution in [0.15, 0.2) is 0 Å². The standard InChI is InChI=1S/C11H21NO2/c13-11-3-1-2-10(8-11)12-9-4-6-14-7-5-9/h9-13H,1-8H2. The summed E-state index contributed by atoms with van der Waals surface area (Å²) in [5.41, 5.74) is 0. The summed E-state index contributed by atoms with van der Waals surface area (Å²) < 4.78 is 5.32. The van der Waals surface area contributed by atoms with Crippen LogP contribution in [-0.2, 0) is 4.74 Å². The van der Waals surface area contributed by atoms with E-state index in [2.05, 4.69) is 5.32 Å². The molecule has 2 N–H and O–H groups in total. The van der Waals surface area contributed by atoms with Crippen LogP contribution in [0.2, 0.25) is 0 Å². The van der Waals surface area contributed by atoms with Gasteiger partial charge in [-0.15, -0.1) is 0 Å². The zero-order valence-electron chi connectivity index (χ0n) is 8.74. The zero-order chi connectivity index (χ0) is 9.80. The number of nitrogens with one attached hydrogen (secondary N) is 1. The predicted octanol–water partition coefficient (Wildman–Crippen LogP) is 1.06. The molecule has 1 aliphatic heterocycles. The second-order valence-corrected chi connectivity index (χ2v) is 4.57. The number of rotatable bonds is 2. The van der Waals surface area contributed by atoms with E-state index in [9.17, 15) is 5.11 Å². The second-order valence-electron chi connectivity index (χ2n) is 4.57. The highest BCUT2D eigenvalue weighted by Crippen LogP contribution is 2.20. The molecule has 82 valence electrons. The molecule has 0 aromatic heterocycles. The van der Waals surface area contributed by atoms with Gasteiger partial charge in [-0.05, 0) is 38.5 Å². The lowest BCUT2D eigenvalue weighted by molar-refractivity contribution is 0.0638. The molecule has 0 radical (unpaired) electrons. The highest BCUT2D eigenvalue weighted by atomic mass is 16.5. The fourth-order valence-corrected chi connectivity index (χ4v) is 2.51. The van der Waals surface area contributed by atoms with Crippen molar-refractivity contribution in [1.29, 1.82) is 0 Å². The fourth-order valence-electron chi connectivity index (χ4n) is 2.51. The minimum atomic E-state index is -0.0684. The van der Waals surface area contributed by atoms with Crippen molar-refractivity contribution in [3.05, 3.63) is 0 Å². The van der Waals surface area contributed by atoms with Gasteiger partial charge in [-0.1, -0.05) is 0 Å². The quantitative estimate of drug-likeness (QED) is 0.698. The van der Waals surface area contributed by atoms with E-state index >= 15 is 0 Å². The molecule has 1 saturated carbocycles. The predicted molar refractivity (Wildman–Crippen MR) is 55.2 cm³/mol. The maximum absolute atomic E-state index is 9.54. The van der Waals surface area contributed by atoms with Crippen molar-refractivity contribution in [1.82, 2.24) is 5.32 Å². The van der Waals surface area contributed by atoms with Gasteiger partial charge in [0.25, 0.3) is 0 Å². The largest absolute Gasteiger partial charge is 0.393 e. The Morgan fingerprint density at radius 2 is 1.79 bits per heavy atom. The van der Waals surface area contributed by atoms with Crippen molar-refractivity contribution >= 4 is 0 Å². The molecule has 1 heterocycles. The minimum Gasteiger partial charge on any atom is -0.393 e. The van der Waals surface area contributed by atoms with Crippen LogP contribution in [-0.4, -0.2) is 36.5 Å². The lowest BCUT2D eigenvalue weighted by Crippen LogP contribution is -2.44. The molecule has 2 rings (SSSR count). The highest BCUT2D eigenvalue weighted by Gasteiger charge is 2.23. The van der Waals surface area contributed by atoms with Crippen LogP contribution in [0.4, 0.5) is 0 Å². The lowest BCUT2D eigenvalue weighted by Gasteiger charge is -2.32. The van der Waals surface area contributed by atoms with Crippen LogP contribution >= 0.6 is 0 Å². The van der Waals surface area contributed by atoms with E-state index in [-0.39, 0.29) is 6.10 Å². The monoisotopic (exact) mass is 199 g/mol. The van der Waals surface area contributed by atoms with E-state index < -0.39 is 0 Å². The molecule has 14 heavy (non-hydrogen) atoms. The Kier molecular flexibility index (Phi) is 3.79. The van der Waals surface area contributed by atoms with E-state index in [1.54, 1.807) is 0 Å². The van der Waals surface area contributed by atoms with E-state index in [0.717, 1.165) is 38.9 Å². The molecule has 3 nitrogen and oxygen atoms in total. The molecule has 2 fully saturated rings. The summed E-state index contributed by atoms with van der Waals surface area (Å²) in [6.07, 6.45) is 6.53. The average molecular weight is 199 g/mol. The van der Waals surface area contributed by atoms with Crippen LogP contribution < -0.4 is 5.32 Å². The Morgan fingerprint density at radius 3 is 2.50 bits per heavy atom. The Bertz CT molecular complexity index is 169. The SMILES string of the molecule is OC1CCCC(NC2CCOCC2)C1. The Balaban J connectivity index is 1.72. The third kappa shape index (κ3) is 2.94. The first-order valence-corrected chi connectivity index (χ1v) is 5.86. The van der Waals surface area contributed by atoms with Crippen LogP contribution in [0.1, 0.15) is 38.5 Å². The molecule has 2 aliphatic rings. The molecular weight excluding hydrogens is 178 g/mol. The second kappa shape index (κ2) is 5.10. The molecule has 0 spiro atoms. The Hall–Kier alpha value is -0.120. The maximum Gasteiger partial charge on any atom is 0.0555 e. The van der Waals surface area contributed by atoms with Crippen molar-refractivity contribution < 1.29 is 9.84 Å². The van der Waals surface area contributed by atoms with Crippen molar-refractivity contribution in [2.45, 2.75) is 56.7 Å². The average Bonchev–Trinajstić information content (AvgIpc) is 2.19. The van der Waals surface area contributed by atoms with Gasteiger partial charge >= 0.3 is 0 Å². The molecular formula is C11H21NO2. The first kappa shape index (κ1) is 10.4. The van der Waals surface area contributed by atoms with Crippen molar-refractivity contribution in [3.8, 4) is 0 Å². The number of aliphatic hydroxyl groups is 1. The van der Waals surface area contributed by atoms with Crippen LogP contribution in [0.3, 0.4) is 0 Å². The Labute approximate surface area is 85.8 Å². The molecule has 0 bridgehead atoms. The third-order valence-corrected chi connectivity index (χ3v) is 3.34. The van der Waals surface area contributed by atoms with Crippen LogP contribution in [0.5, 0.6) is 0 Å². The van der Waals surface area contributed by atoms with E-state index in [1.165, 1.54) is 12.8 Å². The topological polar surface area (TPSA) is 41.5 Å². The summed E-state index contributed by atoms with van der Waals surface area (Å²) in [4.78, 5) is 0. The lowest BCUT2D eigenvalue weighted by atomic mass is 9.92. The van der Waals surface area contributed by atoms with E-state index in [1.807, 2.05) is 0 Å². The minimum absolute atomic E-state index is 0.0684. The van der Waals surface area contributed by atoms with Crippen LogP contribution in [0, 0.1) is 0 Å². The summed E-state index contributed by atoms with van der Waals surface area (Å²) in [5.74, 6) is 0. The summed E-state index contributed by atoms with van der Waals surface area (Å²) in [6.45, 7) is 1.79. The third-order valence-electron chi connectivity index (χ3n) is 3.34. The van der Waals surface area contributed by atoms with Gasteiger partial charge in [-0.25, -0.2) is 0 Å². The highest BCUT2D eigenvalue weighted by molar-refractivity contribution is 4.81.